The average molecular weight is 658 g/mol. The van der Waals surface area contributed by atoms with E-state index >= 15 is 0 Å². The number of imide groups is 1. The van der Waals surface area contributed by atoms with Gasteiger partial charge in [0.25, 0.3) is 5.91 Å². The van der Waals surface area contributed by atoms with Gasteiger partial charge >= 0.3 is 4.87 Å². The minimum absolute atomic E-state index is 0.00355. The molecule has 8 nitrogen and oxygen atoms in total. The van der Waals surface area contributed by atoms with E-state index in [1.165, 1.54) is 16.2 Å². The number of aromatic amines is 1. The Morgan fingerprint density at radius 1 is 0.978 bits per heavy atom. The summed E-state index contributed by atoms with van der Waals surface area (Å²) in [7, 11) is 0. The number of carbonyl (C=O) groups is 3. The highest BCUT2D eigenvalue weighted by Crippen LogP contribution is 2.69. The highest BCUT2D eigenvalue weighted by Gasteiger charge is 2.69. The van der Waals surface area contributed by atoms with Crippen LogP contribution in [-0.2, 0) is 14.4 Å². The summed E-state index contributed by atoms with van der Waals surface area (Å²) in [6.45, 7) is 1.80. The molecule has 0 radical (unpaired) electrons. The maximum atomic E-state index is 14.0. The molecule has 4 aromatic rings. The van der Waals surface area contributed by atoms with Crippen LogP contribution in [-0.4, -0.2) is 34.6 Å². The van der Waals surface area contributed by atoms with Gasteiger partial charge < -0.3 is 15.0 Å². The van der Waals surface area contributed by atoms with Gasteiger partial charge in [-0.2, -0.15) is 0 Å². The lowest BCUT2D eigenvalue weighted by molar-refractivity contribution is -0.123. The molecule has 2 aliphatic heterocycles. The molecule has 2 N–H and O–H groups in total. The average Bonchev–Trinajstić information content (AvgIpc) is 3.77. The monoisotopic (exact) mass is 657 g/mol. The summed E-state index contributed by atoms with van der Waals surface area (Å²) in [6.07, 6.45) is 0.779. The van der Waals surface area contributed by atoms with E-state index in [0.717, 1.165) is 27.5 Å². The Labute approximate surface area is 272 Å². The number of thioether (sulfide) groups is 1. The van der Waals surface area contributed by atoms with E-state index in [1.807, 2.05) is 55.5 Å². The largest absolute Gasteiger partial charge is 0.483 e. The molecular formula is C34H28ClN3O5S2. The number of nitrogens with zero attached hydrogens (tertiary/aromatic N) is 1. The molecule has 3 aromatic carbocycles. The highest BCUT2D eigenvalue weighted by molar-refractivity contribution is 8.00. The second-order valence-corrected chi connectivity index (χ2v) is 14.8. The summed E-state index contributed by atoms with van der Waals surface area (Å²) in [5.41, 5.74) is 3.21. The predicted octanol–water partition coefficient (Wildman–Crippen LogP) is 6.09. The number of anilines is 2. The third-order valence-corrected chi connectivity index (χ3v) is 12.6. The van der Waals surface area contributed by atoms with Crippen LogP contribution in [0.25, 0.3) is 0 Å². The van der Waals surface area contributed by atoms with Crippen molar-refractivity contribution in [2.75, 3.05) is 16.8 Å². The van der Waals surface area contributed by atoms with Crippen LogP contribution in [0, 0.1) is 36.5 Å². The zero-order valence-corrected chi connectivity index (χ0v) is 26.5. The fourth-order valence-corrected chi connectivity index (χ4v) is 11.1. The molecule has 8 rings (SSSR count). The van der Waals surface area contributed by atoms with Crippen LogP contribution in [0.15, 0.2) is 82.6 Å². The molecule has 1 aromatic heterocycles. The van der Waals surface area contributed by atoms with Gasteiger partial charge in [0.15, 0.2) is 6.61 Å². The number of nitrogens with one attached hydrogen (secondary N) is 2. The molecule has 4 unspecified atom stereocenters. The fraction of sp³-hybridized carbons (Fsp3) is 0.294. The van der Waals surface area contributed by atoms with E-state index in [2.05, 4.69) is 10.3 Å². The molecule has 2 aliphatic carbocycles. The van der Waals surface area contributed by atoms with Gasteiger partial charge in [-0.25, -0.2) is 0 Å². The third-order valence-electron chi connectivity index (χ3n) is 9.76. The van der Waals surface area contributed by atoms with Gasteiger partial charge in [0.1, 0.15) is 5.75 Å². The number of halogens is 1. The second kappa shape index (κ2) is 10.9. The first-order valence-corrected chi connectivity index (χ1v) is 17.0. The van der Waals surface area contributed by atoms with Crippen LogP contribution in [0.3, 0.4) is 0 Å². The molecule has 2 bridgehead atoms. The Morgan fingerprint density at radius 2 is 1.69 bits per heavy atom. The van der Waals surface area contributed by atoms with Crippen molar-refractivity contribution in [1.29, 1.82) is 0 Å². The van der Waals surface area contributed by atoms with E-state index in [0.29, 0.717) is 22.1 Å². The fourth-order valence-electron chi connectivity index (χ4n) is 8.06. The Hall–Kier alpha value is -3.86. The standard InChI is InChI=1S/C34H28ClN3O5S2/c1-16-6-10-18(11-7-16)36-24(39)15-43-23-5-3-2-4-20(23)25-26-21-14-22(29(26)44-31-30(25)45-34(42)37-31)28-27(21)32(40)38(33(28)41)19-12-8-17(35)9-13-19/h2-13,21-22,25-29H,14-15H2,1H3,(H,36,39)(H,37,42)/t21-,22-,25-,26?,27?,28?,29?/m1/s1. The molecule has 11 heteroatoms. The van der Waals surface area contributed by atoms with Crippen molar-refractivity contribution in [3.8, 4) is 5.75 Å². The molecule has 0 spiro atoms. The van der Waals surface area contributed by atoms with Crippen molar-refractivity contribution < 1.29 is 19.1 Å². The lowest BCUT2D eigenvalue weighted by atomic mass is 9.68. The molecule has 3 heterocycles. The maximum Gasteiger partial charge on any atom is 0.305 e. The van der Waals surface area contributed by atoms with Crippen molar-refractivity contribution in [2.24, 2.45) is 29.6 Å². The quantitative estimate of drug-likeness (QED) is 0.243. The molecule has 3 amide bonds. The van der Waals surface area contributed by atoms with Gasteiger partial charge in [0.2, 0.25) is 11.8 Å². The Bertz CT molecular complexity index is 1910. The molecule has 7 atom stereocenters. The Balaban J connectivity index is 1.12. The van der Waals surface area contributed by atoms with Crippen molar-refractivity contribution in [3.05, 3.63) is 103 Å². The topological polar surface area (TPSA) is 109 Å². The first kappa shape index (κ1) is 28.6. The number of rotatable bonds is 6. The van der Waals surface area contributed by atoms with Crippen molar-refractivity contribution in [1.82, 2.24) is 4.98 Å². The van der Waals surface area contributed by atoms with Gasteiger partial charge in [-0.1, -0.05) is 58.8 Å². The van der Waals surface area contributed by atoms with Crippen LogP contribution in [0.1, 0.15) is 28.3 Å². The van der Waals surface area contributed by atoms with E-state index in [4.69, 9.17) is 16.3 Å². The summed E-state index contributed by atoms with van der Waals surface area (Å²) in [5, 5.41) is 4.28. The summed E-state index contributed by atoms with van der Waals surface area (Å²) >= 11 is 8.92. The number of para-hydroxylation sites is 1. The van der Waals surface area contributed by atoms with E-state index in [9.17, 15) is 19.2 Å². The van der Waals surface area contributed by atoms with Crippen molar-refractivity contribution in [3.63, 3.8) is 0 Å². The van der Waals surface area contributed by atoms with Crippen LogP contribution < -0.4 is 19.8 Å². The van der Waals surface area contributed by atoms with Crippen LogP contribution >= 0.6 is 34.7 Å². The third kappa shape index (κ3) is 4.64. The summed E-state index contributed by atoms with van der Waals surface area (Å²) in [5.74, 6) is -1.10. The number of ether oxygens (including phenoxy) is 1. The zero-order chi connectivity index (χ0) is 31.0. The van der Waals surface area contributed by atoms with Crippen molar-refractivity contribution in [2.45, 2.75) is 29.5 Å². The number of thiazole rings is 1. The number of H-pyrrole nitrogens is 1. The van der Waals surface area contributed by atoms with E-state index in [1.54, 1.807) is 36.0 Å². The molecule has 228 valence electrons. The lowest BCUT2D eigenvalue weighted by Gasteiger charge is -2.43. The minimum atomic E-state index is -0.423. The summed E-state index contributed by atoms with van der Waals surface area (Å²) in [4.78, 5) is 58.5. The van der Waals surface area contributed by atoms with Crippen LogP contribution in [0.2, 0.25) is 5.02 Å². The SMILES string of the molecule is Cc1ccc(NC(=O)COc2ccccc2[C@H]2c3sc(=O)[nH]c3SC3C2[C@H]2C[C@@H]3C3C(=O)N(c4ccc(Cl)cc4)C(=O)C32)cc1. The highest BCUT2D eigenvalue weighted by atomic mass is 35.5. The smallest absolute Gasteiger partial charge is 0.305 e. The molecular weight excluding hydrogens is 630 g/mol. The molecule has 4 aliphatic rings. The van der Waals surface area contributed by atoms with Gasteiger partial charge in [-0.15, -0.1) is 11.8 Å². The second-order valence-electron chi connectivity index (χ2n) is 12.2. The van der Waals surface area contributed by atoms with E-state index in [-0.39, 0.29) is 58.1 Å². The molecule has 3 fully saturated rings. The summed E-state index contributed by atoms with van der Waals surface area (Å²) < 4.78 is 6.17. The first-order valence-electron chi connectivity index (χ1n) is 14.9. The number of carbonyl (C=O) groups excluding carboxylic acids is 3. The predicted molar refractivity (Wildman–Crippen MR) is 174 cm³/mol. The van der Waals surface area contributed by atoms with E-state index < -0.39 is 11.8 Å². The van der Waals surface area contributed by atoms with Gasteiger partial charge in [-0.3, -0.25) is 24.1 Å². The van der Waals surface area contributed by atoms with Crippen molar-refractivity contribution >= 4 is 63.8 Å². The normalized spacial score (nSPS) is 27.7. The lowest BCUT2D eigenvalue weighted by Crippen LogP contribution is -2.42. The number of aromatic nitrogens is 1. The minimum Gasteiger partial charge on any atom is -0.483 e. The van der Waals surface area contributed by atoms with Gasteiger partial charge in [0, 0.05) is 32.3 Å². The number of hydrogen-bond donors (Lipinski definition) is 2. The number of aryl methyl sites for hydroxylation is 1. The molecule has 45 heavy (non-hydrogen) atoms. The van der Waals surface area contributed by atoms with Crippen LogP contribution in [0.5, 0.6) is 5.75 Å². The Kier molecular flexibility index (Phi) is 6.92. The Morgan fingerprint density at radius 3 is 2.44 bits per heavy atom. The zero-order valence-electron chi connectivity index (χ0n) is 24.1. The number of amides is 3. The maximum absolute atomic E-state index is 14.0. The number of fused-ring (bicyclic) bond motifs is 9. The molecule has 1 saturated heterocycles. The molecule has 2 saturated carbocycles. The van der Waals surface area contributed by atoms with Crippen LogP contribution in [0.4, 0.5) is 11.4 Å². The number of benzene rings is 3. The van der Waals surface area contributed by atoms with Gasteiger partial charge in [0.05, 0.1) is 22.5 Å². The first-order chi connectivity index (χ1) is 21.8. The summed E-state index contributed by atoms with van der Waals surface area (Å²) in [6, 6.07) is 22.0. The number of hydrogen-bond acceptors (Lipinski definition) is 7. The van der Waals surface area contributed by atoms with Gasteiger partial charge in [-0.05, 0) is 73.6 Å².